The molecule has 2 N–H and O–H groups in total. The highest BCUT2D eigenvalue weighted by Gasteiger charge is 2.35. The lowest BCUT2D eigenvalue weighted by molar-refractivity contribution is -0.128. The molecular formula is C21H17N3O5S. The van der Waals surface area contributed by atoms with Crippen molar-refractivity contribution in [3.63, 3.8) is 0 Å². The Bertz CT molecular complexity index is 1090. The quantitative estimate of drug-likeness (QED) is 0.732. The number of hydrogen-bond acceptors (Lipinski definition) is 7. The standard InChI is InChI=1S/C21H17N3O5S/c1-29-13-8-6-12(7-9-13)15-10-16(14-4-2-3-5-17(14)25)24(23-15)19(26)11-18-20(27)22-21(28)30-18/h2-9,11,16,25H,10H2,1H3,(H,22,27,28)/b18-11-. The van der Waals surface area contributed by atoms with Gasteiger partial charge in [0.15, 0.2) is 0 Å². The number of carbonyl (C=O) groups excluding carboxylic acids is 3. The lowest BCUT2D eigenvalue weighted by Gasteiger charge is -2.21. The number of phenolic OH excluding ortho intramolecular Hbond substituents is 1. The number of hydrogen-bond donors (Lipinski definition) is 2. The lowest BCUT2D eigenvalue weighted by Crippen LogP contribution is -2.26. The van der Waals surface area contributed by atoms with Gasteiger partial charge < -0.3 is 9.84 Å². The summed E-state index contributed by atoms with van der Waals surface area (Å²) in [6.07, 6.45) is 1.47. The zero-order valence-electron chi connectivity index (χ0n) is 15.9. The third kappa shape index (κ3) is 3.79. The summed E-state index contributed by atoms with van der Waals surface area (Å²) in [6, 6.07) is 13.4. The van der Waals surface area contributed by atoms with Crippen molar-refractivity contribution < 1.29 is 24.2 Å². The topological polar surface area (TPSA) is 108 Å². The van der Waals surface area contributed by atoms with Crippen molar-refractivity contribution in [3.8, 4) is 11.5 Å². The molecule has 1 saturated heterocycles. The van der Waals surface area contributed by atoms with Crippen LogP contribution in [0.5, 0.6) is 11.5 Å². The van der Waals surface area contributed by atoms with Gasteiger partial charge in [0.1, 0.15) is 11.5 Å². The number of nitrogens with zero attached hydrogens (tertiary/aromatic N) is 2. The van der Waals surface area contributed by atoms with E-state index in [0.29, 0.717) is 35.2 Å². The van der Waals surface area contributed by atoms with Crippen molar-refractivity contribution in [1.29, 1.82) is 0 Å². The molecule has 0 spiro atoms. The second kappa shape index (κ2) is 8.03. The normalized spacial score (nSPS) is 19.8. The van der Waals surface area contributed by atoms with E-state index >= 15 is 0 Å². The summed E-state index contributed by atoms with van der Waals surface area (Å²) in [4.78, 5) is 36.2. The first-order valence-corrected chi connectivity index (χ1v) is 9.86. The smallest absolute Gasteiger partial charge is 0.290 e. The Kier molecular flexibility index (Phi) is 5.28. The van der Waals surface area contributed by atoms with Gasteiger partial charge in [-0.15, -0.1) is 0 Å². The molecule has 4 rings (SSSR count). The molecule has 9 heteroatoms. The number of para-hydroxylation sites is 1. The Labute approximate surface area is 176 Å². The summed E-state index contributed by atoms with van der Waals surface area (Å²) in [6.45, 7) is 0. The summed E-state index contributed by atoms with van der Waals surface area (Å²) in [7, 11) is 1.58. The van der Waals surface area contributed by atoms with Crippen LogP contribution in [-0.4, -0.2) is 40.0 Å². The Morgan fingerprint density at radius 2 is 1.97 bits per heavy atom. The Hall–Kier alpha value is -3.59. The number of methoxy groups -OCH3 is 1. The van der Waals surface area contributed by atoms with Gasteiger partial charge in [-0.1, -0.05) is 18.2 Å². The van der Waals surface area contributed by atoms with Crippen molar-refractivity contribution in [2.24, 2.45) is 5.10 Å². The monoisotopic (exact) mass is 423 g/mol. The lowest BCUT2D eigenvalue weighted by atomic mass is 9.97. The van der Waals surface area contributed by atoms with E-state index < -0.39 is 23.1 Å². The maximum Gasteiger partial charge on any atom is 0.290 e. The van der Waals surface area contributed by atoms with E-state index in [1.54, 1.807) is 43.5 Å². The van der Waals surface area contributed by atoms with Crippen molar-refractivity contribution >= 4 is 34.5 Å². The second-order valence-corrected chi connectivity index (χ2v) is 7.60. The fourth-order valence-electron chi connectivity index (χ4n) is 3.28. The number of ether oxygens (including phenoxy) is 1. The Morgan fingerprint density at radius 3 is 2.60 bits per heavy atom. The minimum atomic E-state index is -0.615. The molecule has 2 aromatic carbocycles. The number of imide groups is 1. The first-order valence-electron chi connectivity index (χ1n) is 9.04. The molecule has 152 valence electrons. The highest BCUT2D eigenvalue weighted by atomic mass is 32.2. The van der Waals surface area contributed by atoms with E-state index in [0.717, 1.165) is 11.6 Å². The highest BCUT2D eigenvalue weighted by molar-refractivity contribution is 8.18. The fourth-order valence-corrected chi connectivity index (χ4v) is 3.93. The van der Waals surface area contributed by atoms with Crippen LogP contribution in [0.1, 0.15) is 23.6 Å². The van der Waals surface area contributed by atoms with Crippen molar-refractivity contribution in [1.82, 2.24) is 10.3 Å². The number of thioether (sulfide) groups is 1. The molecule has 1 atom stereocenters. The first-order chi connectivity index (χ1) is 14.5. The molecule has 1 unspecified atom stereocenters. The third-order valence-corrected chi connectivity index (χ3v) is 5.56. The molecule has 8 nitrogen and oxygen atoms in total. The van der Waals surface area contributed by atoms with E-state index in [4.69, 9.17) is 4.74 Å². The van der Waals surface area contributed by atoms with Crippen LogP contribution in [0.15, 0.2) is 64.6 Å². The van der Waals surface area contributed by atoms with Crippen molar-refractivity contribution in [2.75, 3.05) is 7.11 Å². The van der Waals surface area contributed by atoms with Gasteiger partial charge in [-0.25, -0.2) is 5.01 Å². The van der Waals surface area contributed by atoms with E-state index in [1.807, 2.05) is 12.1 Å². The minimum absolute atomic E-state index is 0.00845. The largest absolute Gasteiger partial charge is 0.508 e. The van der Waals surface area contributed by atoms with Crippen LogP contribution < -0.4 is 10.1 Å². The number of rotatable bonds is 4. The van der Waals surface area contributed by atoms with Crippen LogP contribution >= 0.6 is 11.8 Å². The second-order valence-electron chi connectivity index (χ2n) is 6.59. The van der Waals surface area contributed by atoms with Gasteiger partial charge in [-0.2, -0.15) is 5.10 Å². The summed E-state index contributed by atoms with van der Waals surface area (Å²) in [5.74, 6) is -0.432. The predicted molar refractivity (Wildman–Crippen MR) is 111 cm³/mol. The number of hydrazone groups is 1. The molecule has 0 aromatic heterocycles. The SMILES string of the molecule is COc1ccc(C2=NN(C(=O)/C=C3\SC(=O)NC3=O)C(c3ccccc3O)C2)cc1. The van der Waals surface area contributed by atoms with Crippen molar-refractivity contribution in [2.45, 2.75) is 12.5 Å². The van der Waals surface area contributed by atoms with Crippen LogP contribution in [0.4, 0.5) is 4.79 Å². The van der Waals surface area contributed by atoms with Gasteiger partial charge in [0.25, 0.3) is 17.1 Å². The maximum atomic E-state index is 13.0. The van der Waals surface area contributed by atoms with E-state index in [2.05, 4.69) is 10.4 Å². The van der Waals surface area contributed by atoms with Gasteiger partial charge in [-0.05, 0) is 47.7 Å². The molecule has 2 heterocycles. The molecule has 0 saturated carbocycles. The maximum absolute atomic E-state index is 13.0. The first kappa shape index (κ1) is 19.7. The van der Waals surface area contributed by atoms with Gasteiger partial charge in [0.2, 0.25) is 0 Å². The van der Waals surface area contributed by atoms with E-state index in [-0.39, 0.29) is 10.7 Å². The summed E-state index contributed by atoms with van der Waals surface area (Å²) >= 11 is 0.665. The van der Waals surface area contributed by atoms with Gasteiger partial charge in [0.05, 0.1) is 23.8 Å². The molecule has 2 aromatic rings. The average Bonchev–Trinajstić information content (AvgIpc) is 3.31. The molecule has 0 aliphatic carbocycles. The van der Waals surface area contributed by atoms with Gasteiger partial charge >= 0.3 is 0 Å². The number of carbonyl (C=O) groups is 3. The van der Waals surface area contributed by atoms with E-state index in [1.165, 1.54) is 5.01 Å². The molecule has 30 heavy (non-hydrogen) atoms. The molecule has 3 amide bonds. The van der Waals surface area contributed by atoms with Crippen LogP contribution in [0.3, 0.4) is 0 Å². The van der Waals surface area contributed by atoms with Crippen LogP contribution in [0.25, 0.3) is 0 Å². The molecule has 1 fully saturated rings. The summed E-state index contributed by atoms with van der Waals surface area (Å²) in [5, 5.41) is 17.6. The summed E-state index contributed by atoms with van der Waals surface area (Å²) < 4.78 is 5.18. The number of phenols is 1. The number of amides is 3. The number of nitrogens with one attached hydrogen (secondary N) is 1. The van der Waals surface area contributed by atoms with Crippen LogP contribution in [0, 0.1) is 0 Å². The third-order valence-electron chi connectivity index (χ3n) is 4.75. The predicted octanol–water partition coefficient (Wildman–Crippen LogP) is 2.95. The number of aromatic hydroxyl groups is 1. The van der Waals surface area contributed by atoms with E-state index in [9.17, 15) is 19.5 Å². The number of benzene rings is 2. The molecule has 0 bridgehead atoms. The van der Waals surface area contributed by atoms with Crippen molar-refractivity contribution in [3.05, 3.63) is 70.6 Å². The summed E-state index contributed by atoms with van der Waals surface area (Å²) in [5.41, 5.74) is 2.00. The Balaban J connectivity index is 1.70. The molecule has 2 aliphatic heterocycles. The molecular weight excluding hydrogens is 406 g/mol. The van der Waals surface area contributed by atoms with Crippen LogP contribution in [-0.2, 0) is 9.59 Å². The zero-order valence-corrected chi connectivity index (χ0v) is 16.7. The minimum Gasteiger partial charge on any atom is -0.508 e. The van der Waals surface area contributed by atoms with Crippen LogP contribution in [0.2, 0.25) is 0 Å². The molecule has 0 radical (unpaired) electrons. The van der Waals surface area contributed by atoms with Gasteiger partial charge in [0, 0.05) is 18.1 Å². The molecule has 2 aliphatic rings. The zero-order chi connectivity index (χ0) is 21.3. The fraction of sp³-hybridized carbons (Fsp3) is 0.143. The Morgan fingerprint density at radius 1 is 1.23 bits per heavy atom. The highest BCUT2D eigenvalue weighted by Crippen LogP contribution is 2.37. The average molecular weight is 423 g/mol. The van der Waals surface area contributed by atoms with Gasteiger partial charge in [-0.3, -0.25) is 19.7 Å².